The van der Waals surface area contributed by atoms with E-state index in [0.717, 1.165) is 0 Å². The topological polar surface area (TPSA) is 56.7 Å². The van der Waals surface area contributed by atoms with E-state index in [0.29, 0.717) is 35.9 Å². The van der Waals surface area contributed by atoms with Crippen LogP contribution in [0.1, 0.15) is 44.3 Å². The third-order valence-corrected chi connectivity index (χ3v) is 4.80. The minimum atomic E-state index is -4.10. The van der Waals surface area contributed by atoms with Crippen LogP contribution >= 0.6 is 35.6 Å². The van der Waals surface area contributed by atoms with Crippen molar-refractivity contribution in [2.45, 2.75) is 50.9 Å². The lowest BCUT2D eigenvalue weighted by atomic mass is 9.85. The molecule has 1 saturated carbocycles. The summed E-state index contributed by atoms with van der Waals surface area (Å²) in [6.45, 7) is 2.68. The van der Waals surface area contributed by atoms with Crippen LogP contribution in [0.4, 0.5) is 13.2 Å². The second-order valence-corrected chi connectivity index (χ2v) is 6.96. The molecule has 9 heteroatoms. The maximum Gasteiger partial charge on any atom is 0.391 e. The first kappa shape index (κ1) is 24.3. The number of alkyl halides is 3. The number of hydrogen-bond acceptors (Lipinski definition) is 2. The fraction of sp³-hybridized carbons (Fsp3) is 0.611. The van der Waals surface area contributed by atoms with Gasteiger partial charge in [0.2, 0.25) is 0 Å². The summed E-state index contributed by atoms with van der Waals surface area (Å²) >= 11 is 5.83. The first-order valence-electron chi connectivity index (χ1n) is 8.84. The average Bonchev–Trinajstić information content (AvgIpc) is 2.60. The standard InChI is InChI=1S/C18H25ClF3N3O.HI/c1-2-23-17(24-11-16(26)12-3-7-14(19)8-4-12)25-15-9-5-13(6-10-15)18(20,21)22;/h3-4,7-8,13,15-16,26H,2,5-6,9-11H2,1H3,(H2,23,24,25);1H. The molecule has 1 aliphatic carbocycles. The van der Waals surface area contributed by atoms with Gasteiger partial charge in [0.25, 0.3) is 0 Å². The van der Waals surface area contributed by atoms with E-state index in [1.54, 1.807) is 24.3 Å². The molecule has 0 saturated heterocycles. The number of halogens is 5. The predicted molar refractivity (Wildman–Crippen MR) is 113 cm³/mol. The molecule has 0 aliphatic heterocycles. The fourth-order valence-corrected chi connectivity index (χ4v) is 3.17. The molecule has 1 unspecified atom stereocenters. The Morgan fingerprint density at radius 3 is 2.33 bits per heavy atom. The van der Waals surface area contributed by atoms with Crippen LogP contribution in [0.5, 0.6) is 0 Å². The number of aliphatic hydroxyl groups is 1. The maximum absolute atomic E-state index is 12.8. The van der Waals surface area contributed by atoms with Gasteiger partial charge in [-0.05, 0) is 50.3 Å². The number of aliphatic hydroxyl groups excluding tert-OH is 1. The highest BCUT2D eigenvalue weighted by Crippen LogP contribution is 2.37. The van der Waals surface area contributed by atoms with E-state index >= 15 is 0 Å². The third kappa shape index (κ3) is 8.03. The summed E-state index contributed by atoms with van der Waals surface area (Å²) in [5.41, 5.74) is 0.708. The second-order valence-electron chi connectivity index (χ2n) is 6.52. The highest BCUT2D eigenvalue weighted by atomic mass is 127. The van der Waals surface area contributed by atoms with Gasteiger partial charge in [-0.2, -0.15) is 13.2 Å². The molecule has 4 nitrogen and oxygen atoms in total. The van der Waals surface area contributed by atoms with Crippen LogP contribution in [0.15, 0.2) is 29.3 Å². The van der Waals surface area contributed by atoms with Gasteiger partial charge in [-0.25, -0.2) is 0 Å². The van der Waals surface area contributed by atoms with Gasteiger partial charge in [-0.15, -0.1) is 24.0 Å². The SMILES string of the molecule is CCNC(=NCC(O)c1ccc(Cl)cc1)NC1CCC(C(F)(F)F)CC1.I. The first-order chi connectivity index (χ1) is 12.3. The lowest BCUT2D eigenvalue weighted by Gasteiger charge is -2.31. The summed E-state index contributed by atoms with van der Waals surface area (Å²) in [5, 5.41) is 17.1. The van der Waals surface area contributed by atoms with E-state index in [9.17, 15) is 18.3 Å². The van der Waals surface area contributed by atoms with Crippen molar-refractivity contribution in [3.8, 4) is 0 Å². The molecule has 27 heavy (non-hydrogen) atoms. The number of nitrogens with one attached hydrogen (secondary N) is 2. The van der Waals surface area contributed by atoms with Gasteiger partial charge < -0.3 is 15.7 Å². The highest BCUT2D eigenvalue weighted by Gasteiger charge is 2.41. The summed E-state index contributed by atoms with van der Waals surface area (Å²) in [7, 11) is 0. The lowest BCUT2D eigenvalue weighted by molar-refractivity contribution is -0.182. The van der Waals surface area contributed by atoms with Gasteiger partial charge in [-0.3, -0.25) is 4.99 Å². The summed E-state index contributed by atoms with van der Waals surface area (Å²) < 4.78 is 38.3. The number of aliphatic imine (C=N–C) groups is 1. The number of guanidine groups is 1. The van der Waals surface area contributed by atoms with E-state index in [1.807, 2.05) is 6.92 Å². The zero-order valence-corrected chi connectivity index (χ0v) is 18.2. The monoisotopic (exact) mass is 519 g/mol. The fourth-order valence-electron chi connectivity index (χ4n) is 3.05. The number of hydrogen-bond donors (Lipinski definition) is 3. The van der Waals surface area contributed by atoms with Crippen LogP contribution in [0, 0.1) is 5.92 Å². The quantitative estimate of drug-likeness (QED) is 0.301. The van der Waals surface area contributed by atoms with Crippen LogP contribution < -0.4 is 10.6 Å². The molecule has 0 radical (unpaired) electrons. The molecule has 0 bridgehead atoms. The van der Waals surface area contributed by atoms with Crippen molar-refractivity contribution in [2.75, 3.05) is 13.1 Å². The summed E-state index contributed by atoms with van der Waals surface area (Å²) in [6.07, 6.45) is -3.71. The van der Waals surface area contributed by atoms with Crippen LogP contribution in [0.3, 0.4) is 0 Å². The minimum absolute atomic E-state index is 0. The molecule has 3 N–H and O–H groups in total. The highest BCUT2D eigenvalue weighted by molar-refractivity contribution is 14.0. The van der Waals surface area contributed by atoms with Crippen LogP contribution in [0.2, 0.25) is 5.02 Å². The van der Waals surface area contributed by atoms with Gasteiger partial charge in [0.15, 0.2) is 5.96 Å². The Labute approximate surface area is 180 Å². The zero-order chi connectivity index (χ0) is 19.2. The molecule has 2 rings (SSSR count). The van der Waals surface area contributed by atoms with Crippen LogP contribution in [0.25, 0.3) is 0 Å². The van der Waals surface area contributed by atoms with E-state index in [-0.39, 0.29) is 49.4 Å². The second kappa shape index (κ2) is 11.3. The molecular formula is C18H26ClF3IN3O. The Kier molecular flexibility index (Phi) is 10.2. The van der Waals surface area contributed by atoms with E-state index < -0.39 is 18.2 Å². The van der Waals surface area contributed by atoms with E-state index in [2.05, 4.69) is 15.6 Å². The Morgan fingerprint density at radius 2 is 1.81 bits per heavy atom. The zero-order valence-electron chi connectivity index (χ0n) is 15.1. The molecular weight excluding hydrogens is 494 g/mol. The van der Waals surface area contributed by atoms with Gasteiger partial charge >= 0.3 is 6.18 Å². The molecule has 1 aromatic rings. The van der Waals surface area contributed by atoms with Crippen molar-refractivity contribution in [1.29, 1.82) is 0 Å². The smallest absolute Gasteiger partial charge is 0.386 e. The third-order valence-electron chi connectivity index (χ3n) is 4.55. The molecule has 1 atom stereocenters. The maximum atomic E-state index is 12.8. The van der Waals surface area contributed by atoms with Gasteiger partial charge in [0, 0.05) is 17.6 Å². The van der Waals surface area contributed by atoms with Crippen LogP contribution in [-0.2, 0) is 0 Å². The van der Waals surface area contributed by atoms with E-state index in [1.165, 1.54) is 0 Å². The van der Waals surface area contributed by atoms with Crippen molar-refractivity contribution in [3.05, 3.63) is 34.9 Å². The summed E-state index contributed by atoms with van der Waals surface area (Å²) in [4.78, 5) is 4.36. The Morgan fingerprint density at radius 1 is 1.22 bits per heavy atom. The van der Waals surface area contributed by atoms with Crippen molar-refractivity contribution < 1.29 is 18.3 Å². The Hall–Kier alpha value is -0.740. The van der Waals surface area contributed by atoms with Crippen molar-refractivity contribution >= 4 is 41.5 Å². The predicted octanol–water partition coefficient (Wildman–Crippen LogP) is 4.67. The molecule has 1 aliphatic rings. The van der Waals surface area contributed by atoms with Crippen LogP contribution in [-0.4, -0.2) is 36.4 Å². The average molecular weight is 520 g/mol. The Balaban J connectivity index is 0.00000364. The normalized spacial score (nSPS) is 21.9. The first-order valence-corrected chi connectivity index (χ1v) is 9.22. The van der Waals surface area contributed by atoms with Crippen molar-refractivity contribution in [1.82, 2.24) is 10.6 Å². The Bertz CT molecular complexity index is 591. The van der Waals surface area contributed by atoms with Gasteiger partial charge in [-0.1, -0.05) is 23.7 Å². The summed E-state index contributed by atoms with van der Waals surface area (Å²) in [6, 6.07) is 6.83. The van der Waals surface area contributed by atoms with Crippen molar-refractivity contribution in [2.24, 2.45) is 10.9 Å². The lowest BCUT2D eigenvalue weighted by Crippen LogP contribution is -2.46. The molecule has 0 spiro atoms. The number of rotatable bonds is 5. The molecule has 1 aromatic carbocycles. The largest absolute Gasteiger partial charge is 0.391 e. The molecule has 1 fully saturated rings. The number of nitrogens with zero attached hydrogens (tertiary/aromatic N) is 1. The van der Waals surface area contributed by atoms with Gasteiger partial charge in [0.05, 0.1) is 18.6 Å². The molecule has 154 valence electrons. The molecule has 0 heterocycles. The van der Waals surface area contributed by atoms with E-state index in [4.69, 9.17) is 11.6 Å². The summed E-state index contributed by atoms with van der Waals surface area (Å²) in [5.74, 6) is -0.692. The minimum Gasteiger partial charge on any atom is -0.386 e. The molecule has 0 amide bonds. The number of benzene rings is 1. The molecule has 0 aromatic heterocycles. The van der Waals surface area contributed by atoms with Crippen molar-refractivity contribution in [3.63, 3.8) is 0 Å². The van der Waals surface area contributed by atoms with Gasteiger partial charge in [0.1, 0.15) is 0 Å².